The summed E-state index contributed by atoms with van der Waals surface area (Å²) in [6.07, 6.45) is 4.23. The summed E-state index contributed by atoms with van der Waals surface area (Å²) in [4.78, 5) is 4.18. The maximum absolute atomic E-state index is 3.63. The summed E-state index contributed by atoms with van der Waals surface area (Å²) < 4.78 is 2.44. The van der Waals surface area contributed by atoms with E-state index < -0.39 is 0 Å². The lowest BCUT2D eigenvalue weighted by Gasteiger charge is -2.34. The quantitative estimate of drug-likeness (QED) is 0.681. The third kappa shape index (κ3) is 4.83. The molecule has 2 heterocycles. The van der Waals surface area contributed by atoms with Gasteiger partial charge in [-0.2, -0.15) is 0 Å². The van der Waals surface area contributed by atoms with Gasteiger partial charge in [-0.1, -0.05) is 12.8 Å². The van der Waals surface area contributed by atoms with Crippen LogP contribution < -0.4 is 5.32 Å². The van der Waals surface area contributed by atoms with Crippen LogP contribution >= 0.6 is 68.0 Å². The molecular weight excluding hydrogens is 447 g/mol. The van der Waals surface area contributed by atoms with Crippen molar-refractivity contribution in [2.45, 2.75) is 25.3 Å². The maximum Gasteiger partial charge on any atom is 0.0843 e. The van der Waals surface area contributed by atoms with Crippen LogP contribution in [0.1, 0.15) is 30.2 Å². The highest BCUT2D eigenvalue weighted by Crippen LogP contribution is 2.44. The highest BCUT2D eigenvalue weighted by atomic mass is 79.9. The van der Waals surface area contributed by atoms with Gasteiger partial charge in [0.2, 0.25) is 0 Å². The van der Waals surface area contributed by atoms with Gasteiger partial charge >= 0.3 is 0 Å². The largest absolute Gasteiger partial charge is 0.314 e. The molecule has 1 N–H and O–H groups in total. The second-order valence-electron chi connectivity index (χ2n) is 5.25. The molecule has 2 aliphatic rings. The fourth-order valence-electron chi connectivity index (χ4n) is 2.64. The Morgan fingerprint density at radius 1 is 1.25 bits per heavy atom. The molecular formula is C13H20Br2Cl2N2S. The molecule has 20 heavy (non-hydrogen) atoms. The van der Waals surface area contributed by atoms with Crippen molar-refractivity contribution in [3.63, 3.8) is 0 Å². The van der Waals surface area contributed by atoms with Crippen molar-refractivity contribution in [2.75, 3.05) is 26.2 Å². The molecule has 0 amide bonds. The number of piperazine rings is 1. The van der Waals surface area contributed by atoms with Crippen LogP contribution in [-0.2, 0) is 0 Å². The monoisotopic (exact) mass is 464 g/mol. The predicted octanol–water partition coefficient (Wildman–Crippen LogP) is 4.86. The van der Waals surface area contributed by atoms with Crippen LogP contribution in [0.5, 0.6) is 0 Å². The number of hydrogen-bond donors (Lipinski definition) is 1. The molecule has 0 spiro atoms. The van der Waals surface area contributed by atoms with E-state index in [-0.39, 0.29) is 24.8 Å². The Kier molecular flexibility index (Phi) is 8.36. The SMILES string of the molecule is Brc1cc([C@H](CC2CC2)N2CCNCC2)sc1Br.Cl.Cl. The van der Waals surface area contributed by atoms with Gasteiger partial charge in [0.15, 0.2) is 0 Å². The molecule has 1 saturated carbocycles. The van der Waals surface area contributed by atoms with Crippen LogP contribution in [0.15, 0.2) is 14.3 Å². The van der Waals surface area contributed by atoms with E-state index in [1.807, 2.05) is 11.3 Å². The zero-order valence-corrected chi connectivity index (χ0v) is 16.7. The zero-order chi connectivity index (χ0) is 12.5. The highest BCUT2D eigenvalue weighted by molar-refractivity contribution is 9.13. The molecule has 1 aliphatic carbocycles. The van der Waals surface area contributed by atoms with E-state index in [0.29, 0.717) is 6.04 Å². The Morgan fingerprint density at radius 2 is 1.90 bits per heavy atom. The van der Waals surface area contributed by atoms with E-state index >= 15 is 0 Å². The topological polar surface area (TPSA) is 15.3 Å². The minimum Gasteiger partial charge on any atom is -0.314 e. The summed E-state index contributed by atoms with van der Waals surface area (Å²) in [5.41, 5.74) is 0. The van der Waals surface area contributed by atoms with Crippen LogP contribution in [0.3, 0.4) is 0 Å². The first-order valence-electron chi connectivity index (χ1n) is 6.63. The van der Waals surface area contributed by atoms with Gasteiger partial charge in [0, 0.05) is 41.6 Å². The lowest BCUT2D eigenvalue weighted by atomic mass is 10.1. The average Bonchev–Trinajstić information content (AvgIpc) is 3.14. The fourth-order valence-corrected chi connectivity index (χ4v) is 4.87. The third-order valence-corrected chi connectivity index (χ3v) is 7.20. The summed E-state index contributed by atoms with van der Waals surface area (Å²) in [6, 6.07) is 2.94. The Hall–Kier alpha value is 1.16. The molecule has 0 aromatic carbocycles. The number of thiophene rings is 1. The Morgan fingerprint density at radius 3 is 2.40 bits per heavy atom. The van der Waals surface area contributed by atoms with Crippen LogP contribution in [0.25, 0.3) is 0 Å². The van der Waals surface area contributed by atoms with Crippen molar-refractivity contribution in [3.8, 4) is 0 Å². The van der Waals surface area contributed by atoms with Gasteiger partial charge < -0.3 is 5.32 Å². The van der Waals surface area contributed by atoms with Gasteiger partial charge in [0.1, 0.15) is 0 Å². The van der Waals surface area contributed by atoms with Gasteiger partial charge in [0.05, 0.1) is 3.79 Å². The van der Waals surface area contributed by atoms with E-state index in [9.17, 15) is 0 Å². The Bertz CT molecular complexity index is 401. The molecule has 1 aromatic heterocycles. The number of nitrogens with one attached hydrogen (secondary N) is 1. The summed E-state index contributed by atoms with van der Waals surface area (Å²) in [7, 11) is 0. The summed E-state index contributed by atoms with van der Waals surface area (Å²) in [5, 5.41) is 3.45. The van der Waals surface area contributed by atoms with Gasteiger partial charge in [-0.25, -0.2) is 0 Å². The summed E-state index contributed by atoms with van der Waals surface area (Å²) in [6.45, 7) is 4.64. The molecule has 3 rings (SSSR count). The van der Waals surface area contributed by atoms with Crippen LogP contribution in [-0.4, -0.2) is 31.1 Å². The van der Waals surface area contributed by atoms with Gasteiger partial charge in [0.25, 0.3) is 0 Å². The number of hydrogen-bond acceptors (Lipinski definition) is 3. The van der Waals surface area contributed by atoms with Crippen molar-refractivity contribution < 1.29 is 0 Å². The number of halogens is 4. The molecule has 2 nitrogen and oxygen atoms in total. The second-order valence-corrected chi connectivity index (χ2v) is 8.51. The van der Waals surface area contributed by atoms with Crippen molar-refractivity contribution in [2.24, 2.45) is 5.92 Å². The first-order chi connectivity index (χ1) is 8.74. The number of nitrogens with zero attached hydrogens (tertiary/aromatic N) is 1. The number of rotatable bonds is 4. The smallest absolute Gasteiger partial charge is 0.0843 e. The third-order valence-electron chi connectivity index (χ3n) is 3.84. The molecule has 1 atom stereocenters. The van der Waals surface area contributed by atoms with Gasteiger partial charge in [-0.3, -0.25) is 4.90 Å². The van der Waals surface area contributed by atoms with Crippen LogP contribution in [0, 0.1) is 5.92 Å². The zero-order valence-electron chi connectivity index (χ0n) is 11.1. The molecule has 0 radical (unpaired) electrons. The normalized spacial score (nSPS) is 20.9. The molecule has 1 saturated heterocycles. The summed E-state index contributed by atoms with van der Waals surface area (Å²) in [5.74, 6) is 0.976. The van der Waals surface area contributed by atoms with Crippen LogP contribution in [0.2, 0.25) is 0 Å². The van der Waals surface area contributed by atoms with Crippen molar-refractivity contribution in [1.82, 2.24) is 10.2 Å². The van der Waals surface area contributed by atoms with Crippen molar-refractivity contribution in [1.29, 1.82) is 0 Å². The molecule has 1 aliphatic heterocycles. The highest BCUT2D eigenvalue weighted by Gasteiger charge is 2.31. The second kappa shape index (κ2) is 8.70. The average molecular weight is 467 g/mol. The van der Waals surface area contributed by atoms with Gasteiger partial charge in [-0.15, -0.1) is 36.2 Å². The molecule has 7 heteroatoms. The molecule has 116 valence electrons. The molecule has 1 aromatic rings. The maximum atomic E-state index is 3.63. The summed E-state index contributed by atoms with van der Waals surface area (Å²) >= 11 is 9.15. The molecule has 2 fully saturated rings. The minimum atomic E-state index is 0. The first kappa shape index (κ1) is 19.2. The van der Waals surface area contributed by atoms with E-state index in [2.05, 4.69) is 48.1 Å². The predicted molar refractivity (Wildman–Crippen MR) is 98.7 cm³/mol. The van der Waals surface area contributed by atoms with E-state index in [1.165, 1.54) is 45.5 Å². The molecule has 0 unspecified atom stereocenters. The Labute approximate surface area is 154 Å². The Balaban J connectivity index is 0.000001000. The lowest BCUT2D eigenvalue weighted by molar-refractivity contribution is 0.163. The molecule has 0 bridgehead atoms. The standard InChI is InChI=1S/C13H18Br2N2S.2ClH/c14-10-8-12(18-13(10)15)11(7-9-1-2-9)17-5-3-16-4-6-17;;/h8-9,11,16H,1-7H2;2*1H/t11-;;/m0../s1. The minimum absolute atomic E-state index is 0. The first-order valence-corrected chi connectivity index (χ1v) is 9.04. The fraction of sp³-hybridized carbons (Fsp3) is 0.692. The van der Waals surface area contributed by atoms with Crippen LogP contribution in [0.4, 0.5) is 0 Å². The lowest BCUT2D eigenvalue weighted by Crippen LogP contribution is -2.45. The van der Waals surface area contributed by atoms with Gasteiger partial charge in [-0.05, 0) is 50.3 Å². The van der Waals surface area contributed by atoms with E-state index in [1.54, 1.807) is 0 Å². The van der Waals surface area contributed by atoms with Crippen molar-refractivity contribution in [3.05, 3.63) is 19.2 Å². The van der Waals surface area contributed by atoms with E-state index in [0.717, 1.165) is 19.0 Å². The van der Waals surface area contributed by atoms with E-state index in [4.69, 9.17) is 0 Å². The van der Waals surface area contributed by atoms with Crippen molar-refractivity contribution >= 4 is 68.0 Å².